The van der Waals surface area contributed by atoms with E-state index >= 15 is 0 Å². The van der Waals surface area contributed by atoms with Crippen molar-refractivity contribution in [2.45, 2.75) is 6.61 Å². The number of aromatic nitrogens is 3. The van der Waals surface area contributed by atoms with Gasteiger partial charge >= 0.3 is 5.97 Å². The highest BCUT2D eigenvalue weighted by atomic mass is 35.5. The maximum atomic E-state index is 13.0. The van der Waals surface area contributed by atoms with E-state index in [2.05, 4.69) is 20.3 Å². The average Bonchev–Trinajstić information content (AvgIpc) is 2.63. The van der Waals surface area contributed by atoms with Gasteiger partial charge in [0.05, 0.1) is 16.3 Å². The summed E-state index contributed by atoms with van der Waals surface area (Å²) in [6.07, 6.45) is 0. The molecule has 0 saturated heterocycles. The molecule has 3 rings (SSSR count). The second-order valence-corrected chi connectivity index (χ2v) is 5.75. The van der Waals surface area contributed by atoms with Crippen LogP contribution in [0.15, 0.2) is 42.5 Å². The van der Waals surface area contributed by atoms with Crippen molar-refractivity contribution in [2.75, 3.05) is 16.8 Å². The van der Waals surface area contributed by atoms with Crippen LogP contribution >= 0.6 is 11.6 Å². The molecule has 1 aromatic heterocycles. The van der Waals surface area contributed by atoms with Crippen LogP contribution in [0.4, 0.5) is 27.7 Å². The highest BCUT2D eigenvalue weighted by molar-refractivity contribution is 6.33. The summed E-state index contributed by atoms with van der Waals surface area (Å²) in [5.74, 6) is -0.864. The molecule has 8 nitrogen and oxygen atoms in total. The van der Waals surface area contributed by atoms with Crippen molar-refractivity contribution in [1.82, 2.24) is 15.0 Å². The molecule has 5 N–H and O–H groups in total. The van der Waals surface area contributed by atoms with E-state index in [1.807, 2.05) is 0 Å². The zero-order valence-electron chi connectivity index (χ0n) is 13.8. The van der Waals surface area contributed by atoms with E-state index in [1.165, 1.54) is 30.3 Å². The topological polar surface area (TPSA) is 129 Å². The standard InChI is InChI=1S/C17H14ClFN6O2/c18-12-3-1-2-11(14(12)20)15(26)27-8-13-23-16(21)25-17(24-13)22-10-6-4-9(19)5-7-10/h1-7H,8,20H2,(H3,21,22,23,24,25). The van der Waals surface area contributed by atoms with E-state index in [0.29, 0.717) is 5.69 Å². The predicted molar refractivity (Wildman–Crippen MR) is 98.9 cm³/mol. The molecule has 0 aliphatic heterocycles. The third kappa shape index (κ3) is 4.59. The van der Waals surface area contributed by atoms with Crippen LogP contribution in [0.3, 0.4) is 0 Å². The lowest BCUT2D eigenvalue weighted by Crippen LogP contribution is -2.12. The zero-order valence-corrected chi connectivity index (χ0v) is 14.6. The minimum atomic E-state index is -0.679. The summed E-state index contributed by atoms with van der Waals surface area (Å²) in [7, 11) is 0. The number of esters is 1. The molecular weight excluding hydrogens is 375 g/mol. The molecule has 0 saturated carbocycles. The molecular formula is C17H14ClFN6O2. The SMILES string of the molecule is Nc1nc(COC(=O)c2cccc(Cl)c2N)nc(Nc2ccc(F)cc2)n1. The number of para-hydroxylation sites is 1. The Morgan fingerprint density at radius 2 is 1.85 bits per heavy atom. The van der Waals surface area contributed by atoms with Crippen LogP contribution in [0.1, 0.15) is 16.2 Å². The minimum Gasteiger partial charge on any atom is -0.454 e. The van der Waals surface area contributed by atoms with Gasteiger partial charge in [-0.2, -0.15) is 15.0 Å². The number of carbonyl (C=O) groups is 1. The van der Waals surface area contributed by atoms with E-state index in [4.69, 9.17) is 27.8 Å². The van der Waals surface area contributed by atoms with Crippen molar-refractivity contribution in [3.05, 3.63) is 64.7 Å². The van der Waals surface area contributed by atoms with Gasteiger partial charge < -0.3 is 21.5 Å². The molecule has 27 heavy (non-hydrogen) atoms. The first-order valence-electron chi connectivity index (χ1n) is 7.66. The van der Waals surface area contributed by atoms with Crippen LogP contribution in [0, 0.1) is 5.82 Å². The van der Waals surface area contributed by atoms with Gasteiger partial charge in [0, 0.05) is 5.69 Å². The number of halogens is 2. The Morgan fingerprint density at radius 1 is 1.11 bits per heavy atom. The van der Waals surface area contributed by atoms with E-state index in [0.717, 1.165) is 0 Å². The quantitative estimate of drug-likeness (QED) is 0.449. The number of anilines is 4. The van der Waals surface area contributed by atoms with Crippen LogP contribution in [0.2, 0.25) is 5.02 Å². The highest BCUT2D eigenvalue weighted by Gasteiger charge is 2.14. The van der Waals surface area contributed by atoms with E-state index in [-0.39, 0.29) is 46.4 Å². The maximum absolute atomic E-state index is 13.0. The fraction of sp³-hybridized carbons (Fsp3) is 0.0588. The summed E-state index contributed by atoms with van der Waals surface area (Å²) in [6, 6.07) is 10.2. The summed E-state index contributed by atoms with van der Waals surface area (Å²) in [6.45, 7) is -0.254. The number of carbonyl (C=O) groups excluding carboxylic acids is 1. The molecule has 0 aliphatic carbocycles. The van der Waals surface area contributed by atoms with E-state index < -0.39 is 5.97 Å². The molecule has 0 radical (unpaired) electrons. The lowest BCUT2D eigenvalue weighted by Gasteiger charge is -2.09. The average molecular weight is 389 g/mol. The normalized spacial score (nSPS) is 10.4. The molecule has 0 atom stereocenters. The number of benzene rings is 2. The summed E-state index contributed by atoms with van der Waals surface area (Å²) in [5, 5.41) is 3.11. The highest BCUT2D eigenvalue weighted by Crippen LogP contribution is 2.23. The molecule has 0 fully saturated rings. The molecule has 1 heterocycles. The Morgan fingerprint density at radius 3 is 2.59 bits per heavy atom. The lowest BCUT2D eigenvalue weighted by atomic mass is 10.2. The summed E-state index contributed by atoms with van der Waals surface area (Å²) in [5.41, 5.74) is 12.2. The summed E-state index contributed by atoms with van der Waals surface area (Å²) in [4.78, 5) is 24.1. The van der Waals surface area contributed by atoms with Crippen LogP contribution in [0.5, 0.6) is 0 Å². The van der Waals surface area contributed by atoms with Gasteiger partial charge in [0.1, 0.15) is 5.82 Å². The molecule has 3 aromatic rings. The molecule has 0 spiro atoms. The Balaban J connectivity index is 1.71. The number of hydrogen-bond acceptors (Lipinski definition) is 8. The molecule has 0 bridgehead atoms. The molecule has 138 valence electrons. The van der Waals surface area contributed by atoms with Crippen LogP contribution in [-0.2, 0) is 11.3 Å². The van der Waals surface area contributed by atoms with Gasteiger partial charge in [0.15, 0.2) is 12.4 Å². The predicted octanol–water partition coefficient (Wildman–Crippen LogP) is 2.93. The third-order valence-electron chi connectivity index (χ3n) is 3.40. The Kier molecular flexibility index (Phi) is 5.32. The Bertz CT molecular complexity index is 984. The van der Waals surface area contributed by atoms with Crippen molar-refractivity contribution >= 4 is 40.8 Å². The van der Waals surface area contributed by atoms with Crippen LogP contribution in [-0.4, -0.2) is 20.9 Å². The number of nitrogens with one attached hydrogen (secondary N) is 1. The summed E-state index contributed by atoms with van der Waals surface area (Å²) < 4.78 is 18.1. The van der Waals surface area contributed by atoms with E-state index in [1.54, 1.807) is 12.1 Å². The van der Waals surface area contributed by atoms with Gasteiger partial charge in [-0.3, -0.25) is 0 Å². The van der Waals surface area contributed by atoms with Gasteiger partial charge in [-0.15, -0.1) is 0 Å². The lowest BCUT2D eigenvalue weighted by molar-refractivity contribution is 0.0463. The van der Waals surface area contributed by atoms with Crippen LogP contribution < -0.4 is 16.8 Å². The fourth-order valence-corrected chi connectivity index (χ4v) is 2.32. The van der Waals surface area contributed by atoms with Crippen molar-refractivity contribution in [3.63, 3.8) is 0 Å². The maximum Gasteiger partial charge on any atom is 0.340 e. The van der Waals surface area contributed by atoms with Crippen molar-refractivity contribution in [3.8, 4) is 0 Å². The molecule has 0 unspecified atom stereocenters. The third-order valence-corrected chi connectivity index (χ3v) is 3.73. The monoisotopic (exact) mass is 388 g/mol. The smallest absolute Gasteiger partial charge is 0.340 e. The number of nitrogens with two attached hydrogens (primary N) is 2. The van der Waals surface area contributed by atoms with Crippen molar-refractivity contribution in [2.24, 2.45) is 0 Å². The number of hydrogen-bond donors (Lipinski definition) is 3. The van der Waals surface area contributed by atoms with Gasteiger partial charge in [-0.05, 0) is 36.4 Å². The van der Waals surface area contributed by atoms with Crippen LogP contribution in [0.25, 0.3) is 0 Å². The fourth-order valence-electron chi connectivity index (χ4n) is 2.14. The van der Waals surface area contributed by atoms with E-state index in [9.17, 15) is 9.18 Å². The minimum absolute atomic E-state index is 0.0667. The Labute approximate surface area is 158 Å². The first-order chi connectivity index (χ1) is 12.9. The van der Waals surface area contributed by atoms with Gasteiger partial charge in [-0.1, -0.05) is 17.7 Å². The number of nitrogens with zero attached hydrogens (tertiary/aromatic N) is 3. The van der Waals surface area contributed by atoms with Crippen molar-refractivity contribution < 1.29 is 13.9 Å². The molecule has 0 amide bonds. The number of nitrogen functional groups attached to an aromatic ring is 2. The zero-order chi connectivity index (χ0) is 19.4. The first kappa shape index (κ1) is 18.3. The van der Waals surface area contributed by atoms with Gasteiger partial charge in [0.25, 0.3) is 0 Å². The molecule has 2 aromatic carbocycles. The Hall–Kier alpha value is -3.46. The number of ether oxygens (including phenoxy) is 1. The first-order valence-corrected chi connectivity index (χ1v) is 8.04. The van der Waals surface area contributed by atoms with Crippen molar-refractivity contribution in [1.29, 1.82) is 0 Å². The molecule has 0 aliphatic rings. The largest absolute Gasteiger partial charge is 0.454 e. The molecule has 10 heteroatoms. The van der Waals surface area contributed by atoms with Gasteiger partial charge in [0.2, 0.25) is 11.9 Å². The van der Waals surface area contributed by atoms with Gasteiger partial charge in [-0.25, -0.2) is 9.18 Å². The second-order valence-electron chi connectivity index (χ2n) is 5.34. The summed E-state index contributed by atoms with van der Waals surface area (Å²) >= 11 is 5.89. The number of rotatable bonds is 5. The second kappa shape index (κ2) is 7.83.